The van der Waals surface area contributed by atoms with Gasteiger partial charge in [0, 0.05) is 18.7 Å². The van der Waals surface area contributed by atoms with E-state index in [0.717, 1.165) is 12.2 Å². The van der Waals surface area contributed by atoms with Crippen LogP contribution in [0.4, 0.5) is 4.39 Å². The second-order valence-corrected chi connectivity index (χ2v) is 6.15. The molecule has 1 fully saturated rings. The SMILES string of the molecule is CC(C)NCc1cc(F)cc(OCC2CCCCC2)c1. The van der Waals surface area contributed by atoms with Crippen LogP contribution in [-0.4, -0.2) is 12.6 Å². The predicted octanol–water partition coefficient (Wildman–Crippen LogP) is 4.28. The Morgan fingerprint density at radius 3 is 2.65 bits per heavy atom. The van der Waals surface area contributed by atoms with Crippen molar-refractivity contribution in [3.63, 3.8) is 0 Å². The van der Waals surface area contributed by atoms with Gasteiger partial charge in [0.05, 0.1) is 6.61 Å². The van der Waals surface area contributed by atoms with Crippen LogP contribution in [0.3, 0.4) is 0 Å². The van der Waals surface area contributed by atoms with Crippen LogP contribution in [-0.2, 0) is 6.54 Å². The van der Waals surface area contributed by atoms with Gasteiger partial charge in [0.1, 0.15) is 11.6 Å². The quantitative estimate of drug-likeness (QED) is 0.839. The van der Waals surface area contributed by atoms with E-state index in [0.29, 0.717) is 24.3 Å². The van der Waals surface area contributed by atoms with Crippen LogP contribution in [0.2, 0.25) is 0 Å². The van der Waals surface area contributed by atoms with Crippen LogP contribution in [0.5, 0.6) is 5.75 Å². The van der Waals surface area contributed by atoms with Gasteiger partial charge in [-0.25, -0.2) is 4.39 Å². The minimum absolute atomic E-state index is 0.216. The Balaban J connectivity index is 1.89. The van der Waals surface area contributed by atoms with Crippen LogP contribution in [0.1, 0.15) is 51.5 Å². The molecule has 1 aromatic rings. The van der Waals surface area contributed by atoms with E-state index in [4.69, 9.17) is 4.74 Å². The number of nitrogens with one attached hydrogen (secondary N) is 1. The van der Waals surface area contributed by atoms with E-state index in [2.05, 4.69) is 19.2 Å². The maximum atomic E-state index is 13.6. The summed E-state index contributed by atoms with van der Waals surface area (Å²) in [5.41, 5.74) is 0.942. The van der Waals surface area contributed by atoms with Crippen molar-refractivity contribution in [3.05, 3.63) is 29.6 Å². The molecule has 1 aliphatic rings. The first-order valence-electron chi connectivity index (χ1n) is 7.79. The van der Waals surface area contributed by atoms with Gasteiger partial charge in [0.25, 0.3) is 0 Å². The molecule has 1 N–H and O–H groups in total. The Bertz CT molecular complexity index is 413. The molecule has 112 valence electrons. The summed E-state index contributed by atoms with van der Waals surface area (Å²) in [6.07, 6.45) is 6.46. The highest BCUT2D eigenvalue weighted by Gasteiger charge is 2.14. The minimum atomic E-state index is -0.216. The van der Waals surface area contributed by atoms with Gasteiger partial charge in [0.2, 0.25) is 0 Å². The number of benzene rings is 1. The highest BCUT2D eigenvalue weighted by Crippen LogP contribution is 2.25. The lowest BCUT2D eigenvalue weighted by atomic mass is 9.90. The first-order valence-corrected chi connectivity index (χ1v) is 7.79. The highest BCUT2D eigenvalue weighted by atomic mass is 19.1. The van der Waals surface area contributed by atoms with Gasteiger partial charge in [-0.1, -0.05) is 33.1 Å². The third-order valence-corrected chi connectivity index (χ3v) is 3.86. The largest absolute Gasteiger partial charge is 0.493 e. The van der Waals surface area contributed by atoms with Crippen LogP contribution in [0, 0.1) is 11.7 Å². The van der Waals surface area contributed by atoms with E-state index in [1.54, 1.807) is 6.07 Å². The van der Waals surface area contributed by atoms with Crippen molar-refractivity contribution >= 4 is 0 Å². The van der Waals surface area contributed by atoms with Crippen molar-refractivity contribution in [1.82, 2.24) is 5.32 Å². The molecule has 0 aliphatic heterocycles. The number of hydrogen-bond donors (Lipinski definition) is 1. The van der Waals surface area contributed by atoms with E-state index in [-0.39, 0.29) is 5.82 Å². The fourth-order valence-electron chi connectivity index (χ4n) is 2.70. The molecule has 0 amide bonds. The first kappa shape index (κ1) is 15.3. The van der Waals surface area contributed by atoms with E-state index in [1.165, 1.54) is 38.2 Å². The van der Waals surface area contributed by atoms with Gasteiger partial charge >= 0.3 is 0 Å². The standard InChI is InChI=1S/C17H26FNO/c1-13(2)19-11-15-8-16(18)10-17(9-15)20-12-14-6-4-3-5-7-14/h8-10,13-14,19H,3-7,11-12H2,1-2H3. The molecule has 0 aromatic heterocycles. The molecular formula is C17H26FNO. The van der Waals surface area contributed by atoms with E-state index in [9.17, 15) is 4.39 Å². The summed E-state index contributed by atoms with van der Waals surface area (Å²) in [5, 5.41) is 3.30. The second-order valence-electron chi connectivity index (χ2n) is 6.15. The van der Waals surface area contributed by atoms with E-state index < -0.39 is 0 Å². The topological polar surface area (TPSA) is 21.3 Å². The highest BCUT2D eigenvalue weighted by molar-refractivity contribution is 5.29. The summed E-state index contributed by atoms with van der Waals surface area (Å²) in [5.74, 6) is 1.09. The Labute approximate surface area is 121 Å². The Kier molecular flexibility index (Phi) is 5.84. The number of halogens is 1. The van der Waals surface area contributed by atoms with Crippen molar-refractivity contribution in [2.75, 3.05) is 6.61 Å². The fraction of sp³-hybridized carbons (Fsp3) is 0.647. The molecule has 0 atom stereocenters. The van der Waals surface area contributed by atoms with Gasteiger partial charge in [-0.2, -0.15) is 0 Å². The second kappa shape index (κ2) is 7.63. The average molecular weight is 279 g/mol. The molecule has 0 spiro atoms. The van der Waals surface area contributed by atoms with Crippen LogP contribution >= 0.6 is 0 Å². The molecule has 1 aliphatic carbocycles. The third kappa shape index (κ3) is 5.12. The van der Waals surface area contributed by atoms with Crippen LogP contribution < -0.4 is 10.1 Å². The van der Waals surface area contributed by atoms with E-state index in [1.807, 2.05) is 6.07 Å². The Hall–Kier alpha value is -1.09. The first-order chi connectivity index (χ1) is 9.63. The van der Waals surface area contributed by atoms with Gasteiger partial charge in [-0.15, -0.1) is 0 Å². The monoisotopic (exact) mass is 279 g/mol. The molecule has 3 heteroatoms. The van der Waals surface area contributed by atoms with Crippen LogP contribution in [0.15, 0.2) is 18.2 Å². The normalized spacial score (nSPS) is 16.6. The zero-order valence-electron chi connectivity index (χ0n) is 12.6. The van der Waals surface area contributed by atoms with Gasteiger partial charge in [-0.05, 0) is 36.5 Å². The maximum absolute atomic E-state index is 13.6. The zero-order chi connectivity index (χ0) is 14.4. The summed E-state index contributed by atoms with van der Waals surface area (Å²) in [4.78, 5) is 0. The average Bonchev–Trinajstić information content (AvgIpc) is 2.44. The molecule has 1 aromatic carbocycles. The van der Waals surface area contributed by atoms with Crippen LogP contribution in [0.25, 0.3) is 0 Å². The Morgan fingerprint density at radius 2 is 1.95 bits per heavy atom. The molecule has 0 radical (unpaired) electrons. The molecule has 0 saturated heterocycles. The molecular weight excluding hydrogens is 253 g/mol. The summed E-state index contributed by atoms with van der Waals surface area (Å²) in [6, 6.07) is 5.40. The molecule has 0 unspecified atom stereocenters. The van der Waals surface area contributed by atoms with Crippen molar-refractivity contribution in [3.8, 4) is 5.75 Å². The van der Waals surface area contributed by atoms with Gasteiger partial charge in [0.15, 0.2) is 0 Å². The molecule has 2 nitrogen and oxygen atoms in total. The van der Waals surface area contributed by atoms with Gasteiger partial charge in [-0.3, -0.25) is 0 Å². The maximum Gasteiger partial charge on any atom is 0.127 e. The smallest absolute Gasteiger partial charge is 0.127 e. The molecule has 1 saturated carbocycles. The summed E-state index contributed by atoms with van der Waals surface area (Å²) in [6.45, 7) is 5.56. The number of ether oxygens (including phenoxy) is 1. The van der Waals surface area contributed by atoms with Crippen molar-refractivity contribution in [2.45, 2.75) is 58.5 Å². The lowest BCUT2D eigenvalue weighted by molar-refractivity contribution is 0.208. The summed E-state index contributed by atoms with van der Waals surface area (Å²) >= 11 is 0. The fourth-order valence-corrected chi connectivity index (χ4v) is 2.70. The lowest BCUT2D eigenvalue weighted by Crippen LogP contribution is -2.22. The van der Waals surface area contributed by atoms with Gasteiger partial charge < -0.3 is 10.1 Å². The molecule has 0 bridgehead atoms. The van der Waals surface area contributed by atoms with Crippen molar-refractivity contribution in [2.24, 2.45) is 5.92 Å². The summed E-state index contributed by atoms with van der Waals surface area (Å²) in [7, 11) is 0. The van der Waals surface area contributed by atoms with E-state index >= 15 is 0 Å². The molecule has 2 rings (SSSR count). The minimum Gasteiger partial charge on any atom is -0.493 e. The lowest BCUT2D eigenvalue weighted by Gasteiger charge is -2.21. The summed E-state index contributed by atoms with van der Waals surface area (Å²) < 4.78 is 19.4. The van der Waals surface area contributed by atoms with Crippen molar-refractivity contribution in [1.29, 1.82) is 0 Å². The molecule has 20 heavy (non-hydrogen) atoms. The zero-order valence-corrected chi connectivity index (χ0v) is 12.6. The number of rotatable bonds is 6. The predicted molar refractivity (Wildman–Crippen MR) is 80.4 cm³/mol. The Morgan fingerprint density at radius 1 is 1.20 bits per heavy atom. The third-order valence-electron chi connectivity index (χ3n) is 3.86. The molecule has 0 heterocycles. The van der Waals surface area contributed by atoms with Crippen molar-refractivity contribution < 1.29 is 9.13 Å². The number of hydrogen-bond acceptors (Lipinski definition) is 2.